The highest BCUT2D eigenvalue weighted by Gasteiger charge is 2.24. The van der Waals surface area contributed by atoms with E-state index >= 15 is 0 Å². The second-order valence-electron chi connectivity index (χ2n) is 2.82. The smallest absolute Gasteiger partial charge is 0.200 e. The SMILES string of the molecule is N#CC(O)C(O)c1ccc(O)c(F)c1F. The molecule has 0 aliphatic rings. The minimum atomic E-state index is -1.86. The second kappa shape index (κ2) is 4.21. The number of hydrogen-bond donors (Lipinski definition) is 3. The number of aliphatic hydroxyl groups excluding tert-OH is 2. The van der Waals surface area contributed by atoms with E-state index in [0.29, 0.717) is 0 Å². The maximum atomic E-state index is 13.1. The van der Waals surface area contributed by atoms with Gasteiger partial charge in [0.05, 0.1) is 6.07 Å². The van der Waals surface area contributed by atoms with Gasteiger partial charge in [0.15, 0.2) is 17.7 Å². The van der Waals surface area contributed by atoms with Crippen LogP contribution in [0.3, 0.4) is 0 Å². The van der Waals surface area contributed by atoms with Crippen molar-refractivity contribution < 1.29 is 24.1 Å². The number of hydrogen-bond acceptors (Lipinski definition) is 4. The Bertz CT molecular complexity index is 417. The van der Waals surface area contributed by atoms with Crippen molar-refractivity contribution >= 4 is 0 Å². The van der Waals surface area contributed by atoms with Gasteiger partial charge in [-0.1, -0.05) is 0 Å². The van der Waals surface area contributed by atoms with Crippen LogP contribution in [0.15, 0.2) is 12.1 Å². The molecular weight excluding hydrogens is 208 g/mol. The van der Waals surface area contributed by atoms with Crippen LogP contribution in [0.4, 0.5) is 8.78 Å². The summed E-state index contributed by atoms with van der Waals surface area (Å²) in [6.07, 6.45) is -3.71. The first-order chi connectivity index (χ1) is 6.99. The molecule has 1 aromatic rings. The van der Waals surface area contributed by atoms with Crippen LogP contribution < -0.4 is 0 Å². The standard InChI is InChI=1S/C9H7F2NO3/c10-7-4(9(15)6(14)3-12)1-2-5(13)8(7)11/h1-2,6,9,13-15H. The predicted molar refractivity (Wildman–Crippen MR) is 44.6 cm³/mol. The quantitative estimate of drug-likeness (QED) is 0.630. The van der Waals surface area contributed by atoms with E-state index in [1.807, 2.05) is 0 Å². The zero-order chi connectivity index (χ0) is 11.6. The van der Waals surface area contributed by atoms with Crippen molar-refractivity contribution in [2.24, 2.45) is 0 Å². The van der Waals surface area contributed by atoms with E-state index < -0.39 is 35.2 Å². The van der Waals surface area contributed by atoms with Gasteiger partial charge in [0, 0.05) is 5.56 Å². The van der Waals surface area contributed by atoms with E-state index in [4.69, 9.17) is 15.5 Å². The van der Waals surface area contributed by atoms with Crippen molar-refractivity contribution in [2.75, 3.05) is 0 Å². The lowest BCUT2D eigenvalue weighted by molar-refractivity contribution is 0.0497. The Balaban J connectivity index is 3.17. The lowest BCUT2D eigenvalue weighted by atomic mass is 10.0. The summed E-state index contributed by atoms with van der Waals surface area (Å²) in [4.78, 5) is 0. The molecule has 0 amide bonds. The number of halogens is 2. The molecule has 0 bridgehead atoms. The number of phenols is 1. The summed E-state index contributed by atoms with van der Waals surface area (Å²) in [6.45, 7) is 0. The van der Waals surface area contributed by atoms with Crippen LogP contribution in [-0.2, 0) is 0 Å². The van der Waals surface area contributed by atoms with E-state index in [9.17, 15) is 13.9 Å². The van der Waals surface area contributed by atoms with Gasteiger partial charge < -0.3 is 15.3 Å². The minimum Gasteiger partial charge on any atom is -0.505 e. The first kappa shape index (κ1) is 11.4. The molecule has 2 unspecified atom stereocenters. The van der Waals surface area contributed by atoms with Gasteiger partial charge in [0.25, 0.3) is 0 Å². The van der Waals surface area contributed by atoms with Gasteiger partial charge in [-0.3, -0.25) is 0 Å². The number of nitrogens with zero attached hydrogens (tertiary/aromatic N) is 1. The molecule has 6 heteroatoms. The van der Waals surface area contributed by atoms with Gasteiger partial charge in [0.1, 0.15) is 6.10 Å². The summed E-state index contributed by atoms with van der Waals surface area (Å²) in [5, 5.41) is 35.2. The molecule has 0 aliphatic heterocycles. The van der Waals surface area contributed by atoms with E-state index in [1.54, 1.807) is 0 Å². The summed E-state index contributed by atoms with van der Waals surface area (Å²) in [5.74, 6) is -3.93. The highest BCUT2D eigenvalue weighted by atomic mass is 19.2. The largest absolute Gasteiger partial charge is 0.505 e. The molecule has 0 heterocycles. The molecule has 1 rings (SSSR count). The summed E-state index contributed by atoms with van der Waals surface area (Å²) in [5.41, 5.74) is -0.584. The lowest BCUT2D eigenvalue weighted by Gasteiger charge is -2.13. The molecule has 0 aliphatic carbocycles. The van der Waals surface area contributed by atoms with Gasteiger partial charge in [-0.25, -0.2) is 4.39 Å². The topological polar surface area (TPSA) is 84.5 Å². The molecule has 0 radical (unpaired) electrons. The average Bonchev–Trinajstić information content (AvgIpc) is 2.24. The van der Waals surface area contributed by atoms with Gasteiger partial charge >= 0.3 is 0 Å². The van der Waals surface area contributed by atoms with Gasteiger partial charge in [-0.05, 0) is 12.1 Å². The van der Waals surface area contributed by atoms with Crippen LogP contribution in [0.5, 0.6) is 5.75 Å². The molecule has 80 valence electrons. The normalized spacial score (nSPS) is 14.3. The number of nitriles is 1. The van der Waals surface area contributed by atoms with Gasteiger partial charge in [-0.2, -0.15) is 9.65 Å². The van der Waals surface area contributed by atoms with Crippen LogP contribution >= 0.6 is 0 Å². The van der Waals surface area contributed by atoms with E-state index in [1.165, 1.54) is 6.07 Å². The maximum absolute atomic E-state index is 13.1. The monoisotopic (exact) mass is 215 g/mol. The van der Waals surface area contributed by atoms with E-state index in [-0.39, 0.29) is 0 Å². The molecule has 15 heavy (non-hydrogen) atoms. The highest BCUT2D eigenvalue weighted by molar-refractivity contribution is 5.32. The lowest BCUT2D eigenvalue weighted by Crippen LogP contribution is -2.17. The van der Waals surface area contributed by atoms with E-state index in [2.05, 4.69) is 0 Å². The molecular formula is C9H7F2NO3. The summed E-state index contributed by atoms with van der Waals surface area (Å²) < 4.78 is 25.9. The minimum absolute atomic E-state index is 0.584. The number of rotatable bonds is 2. The third-order valence-corrected chi connectivity index (χ3v) is 1.84. The summed E-state index contributed by atoms with van der Waals surface area (Å²) in [6, 6.07) is 2.99. The van der Waals surface area contributed by atoms with Crippen molar-refractivity contribution in [1.29, 1.82) is 5.26 Å². The zero-order valence-corrected chi connectivity index (χ0v) is 7.35. The summed E-state index contributed by atoms with van der Waals surface area (Å²) in [7, 11) is 0. The molecule has 0 aromatic heterocycles. The molecule has 0 saturated carbocycles. The first-order valence-corrected chi connectivity index (χ1v) is 3.91. The van der Waals surface area contributed by atoms with Crippen molar-refractivity contribution in [2.45, 2.75) is 12.2 Å². The fourth-order valence-electron chi connectivity index (χ4n) is 1.02. The molecule has 3 N–H and O–H groups in total. The molecule has 4 nitrogen and oxygen atoms in total. The van der Waals surface area contributed by atoms with Crippen molar-refractivity contribution in [1.82, 2.24) is 0 Å². The Morgan fingerprint density at radius 2 is 1.80 bits per heavy atom. The Morgan fingerprint density at radius 3 is 2.33 bits per heavy atom. The Labute approximate surface area is 83.6 Å². The van der Waals surface area contributed by atoms with Crippen molar-refractivity contribution in [3.05, 3.63) is 29.3 Å². The Hall–Kier alpha value is -1.71. The predicted octanol–water partition coefficient (Wildman–Crippen LogP) is 0.588. The number of benzene rings is 1. The van der Waals surface area contributed by atoms with Crippen LogP contribution in [0.2, 0.25) is 0 Å². The van der Waals surface area contributed by atoms with Crippen molar-refractivity contribution in [3.8, 4) is 11.8 Å². The third kappa shape index (κ3) is 2.03. The maximum Gasteiger partial charge on any atom is 0.200 e. The zero-order valence-electron chi connectivity index (χ0n) is 7.35. The molecule has 0 saturated heterocycles. The Morgan fingerprint density at radius 1 is 1.20 bits per heavy atom. The van der Waals surface area contributed by atoms with Gasteiger partial charge in [0.2, 0.25) is 5.82 Å². The molecule has 2 atom stereocenters. The molecule has 0 spiro atoms. The van der Waals surface area contributed by atoms with Crippen LogP contribution in [-0.4, -0.2) is 21.4 Å². The molecule has 1 aromatic carbocycles. The second-order valence-corrected chi connectivity index (χ2v) is 2.82. The highest BCUT2D eigenvalue weighted by Crippen LogP contribution is 2.26. The van der Waals surface area contributed by atoms with Crippen LogP contribution in [0.25, 0.3) is 0 Å². The molecule has 0 fully saturated rings. The fraction of sp³-hybridized carbons (Fsp3) is 0.222. The number of phenolic OH excluding ortho intramolecular Hbond substituents is 1. The summed E-state index contributed by atoms with van der Waals surface area (Å²) >= 11 is 0. The fourth-order valence-corrected chi connectivity index (χ4v) is 1.02. The average molecular weight is 215 g/mol. The van der Waals surface area contributed by atoms with Crippen molar-refractivity contribution in [3.63, 3.8) is 0 Å². The number of aliphatic hydroxyl groups is 2. The third-order valence-electron chi connectivity index (χ3n) is 1.84. The van der Waals surface area contributed by atoms with Crippen LogP contribution in [0.1, 0.15) is 11.7 Å². The number of aromatic hydroxyl groups is 1. The Kier molecular flexibility index (Phi) is 3.19. The van der Waals surface area contributed by atoms with E-state index in [0.717, 1.165) is 12.1 Å². The van der Waals surface area contributed by atoms with Gasteiger partial charge in [-0.15, -0.1) is 0 Å². The first-order valence-electron chi connectivity index (χ1n) is 3.91. The van der Waals surface area contributed by atoms with Crippen LogP contribution in [0, 0.1) is 23.0 Å².